The summed E-state index contributed by atoms with van der Waals surface area (Å²) in [5, 5.41) is 6.26. The molecule has 4 aromatic rings. The fourth-order valence-electron chi connectivity index (χ4n) is 5.62. The van der Waals surface area contributed by atoms with Crippen molar-refractivity contribution in [2.75, 3.05) is 17.8 Å². The van der Waals surface area contributed by atoms with E-state index in [-0.39, 0.29) is 0 Å². The predicted molar refractivity (Wildman–Crippen MR) is 147 cm³/mol. The maximum absolute atomic E-state index is 3.70. The maximum Gasteiger partial charge on any atom is 0.0395 e. The quantitative estimate of drug-likeness (QED) is 0.330. The molecule has 0 bridgehead atoms. The molecule has 0 radical (unpaired) electrons. The molecule has 1 aliphatic heterocycles. The zero-order chi connectivity index (χ0) is 22.6. The summed E-state index contributed by atoms with van der Waals surface area (Å²) in [5.41, 5.74) is 7.71. The van der Waals surface area contributed by atoms with E-state index in [2.05, 4.69) is 122 Å². The molecule has 2 aliphatic rings. The van der Waals surface area contributed by atoms with Gasteiger partial charge in [0.15, 0.2) is 0 Å². The van der Waals surface area contributed by atoms with Gasteiger partial charge >= 0.3 is 0 Å². The molecule has 1 heterocycles. The van der Waals surface area contributed by atoms with Gasteiger partial charge in [0.25, 0.3) is 0 Å². The van der Waals surface area contributed by atoms with Gasteiger partial charge in [-0.2, -0.15) is 10.0 Å². The molecule has 6 rings (SSSR count). The van der Waals surface area contributed by atoms with Crippen LogP contribution >= 0.6 is 10.0 Å². The van der Waals surface area contributed by atoms with Crippen LogP contribution in [0.5, 0.6) is 0 Å². The molecule has 164 valence electrons. The standard InChI is InChI=1S/C31H29NS/c1-21-9-6-16-29-28-18-17-25(20-30(28)33(2,3)31(21)29)32-24-13-7-12-23(19-24)27-15-8-11-22-10-4-5-14-26(22)27/h4-8,10-21,32H,9H2,1-3H3. The highest BCUT2D eigenvalue weighted by Gasteiger charge is 2.36. The number of hydrogen-bond acceptors (Lipinski definition) is 1. The van der Waals surface area contributed by atoms with Gasteiger partial charge < -0.3 is 5.32 Å². The lowest BCUT2D eigenvalue weighted by molar-refractivity contribution is 0.727. The third kappa shape index (κ3) is 3.32. The highest BCUT2D eigenvalue weighted by Crippen LogP contribution is 2.68. The third-order valence-corrected chi connectivity index (χ3v) is 10.3. The van der Waals surface area contributed by atoms with Crippen molar-refractivity contribution in [2.24, 2.45) is 5.92 Å². The van der Waals surface area contributed by atoms with Crippen LogP contribution in [0.2, 0.25) is 0 Å². The summed E-state index contributed by atoms with van der Waals surface area (Å²) in [6.07, 6.45) is 10.8. The van der Waals surface area contributed by atoms with Gasteiger partial charge in [-0.15, -0.1) is 0 Å². The van der Waals surface area contributed by atoms with Crippen LogP contribution in [0.4, 0.5) is 11.4 Å². The van der Waals surface area contributed by atoms with Crippen molar-refractivity contribution in [1.29, 1.82) is 0 Å². The minimum absolute atomic E-state index is 0.635. The molecule has 0 fully saturated rings. The minimum Gasteiger partial charge on any atom is -0.355 e. The lowest BCUT2D eigenvalue weighted by atomic mass is 9.93. The van der Waals surface area contributed by atoms with Crippen LogP contribution < -0.4 is 5.32 Å². The second-order valence-corrected chi connectivity index (χ2v) is 13.1. The molecule has 4 aromatic carbocycles. The van der Waals surface area contributed by atoms with Gasteiger partial charge in [-0.3, -0.25) is 0 Å². The van der Waals surface area contributed by atoms with Crippen molar-refractivity contribution in [2.45, 2.75) is 18.2 Å². The number of benzene rings is 4. The van der Waals surface area contributed by atoms with Crippen molar-refractivity contribution < 1.29 is 0 Å². The van der Waals surface area contributed by atoms with Crippen molar-refractivity contribution in [1.82, 2.24) is 0 Å². The van der Waals surface area contributed by atoms with E-state index in [1.54, 1.807) is 4.91 Å². The van der Waals surface area contributed by atoms with E-state index < -0.39 is 10.0 Å². The number of anilines is 2. The lowest BCUT2D eigenvalue weighted by Gasteiger charge is -2.35. The number of hydrogen-bond donors (Lipinski definition) is 1. The average Bonchev–Trinajstić information content (AvgIpc) is 3.06. The Labute approximate surface area is 198 Å². The summed E-state index contributed by atoms with van der Waals surface area (Å²) in [4.78, 5) is 3.19. The van der Waals surface area contributed by atoms with Crippen LogP contribution in [-0.4, -0.2) is 12.5 Å². The Morgan fingerprint density at radius 1 is 0.788 bits per heavy atom. The molecule has 33 heavy (non-hydrogen) atoms. The zero-order valence-electron chi connectivity index (χ0n) is 19.4. The van der Waals surface area contributed by atoms with Gasteiger partial charge in [-0.05, 0) is 87.1 Å². The van der Waals surface area contributed by atoms with Crippen LogP contribution in [0, 0.1) is 5.92 Å². The fourth-order valence-corrected chi connectivity index (χ4v) is 8.83. The summed E-state index contributed by atoms with van der Waals surface area (Å²) in [5.74, 6) is 0.635. The molecule has 0 amide bonds. The molecule has 0 saturated heterocycles. The van der Waals surface area contributed by atoms with Crippen molar-refractivity contribution in [3.8, 4) is 11.1 Å². The van der Waals surface area contributed by atoms with Gasteiger partial charge in [-0.25, -0.2) is 0 Å². The monoisotopic (exact) mass is 447 g/mol. The highest BCUT2D eigenvalue weighted by molar-refractivity contribution is 8.36. The number of fused-ring (bicyclic) bond motifs is 3. The predicted octanol–water partition coefficient (Wildman–Crippen LogP) is 8.99. The van der Waals surface area contributed by atoms with E-state index in [1.165, 1.54) is 43.6 Å². The molecule has 2 heteroatoms. The largest absolute Gasteiger partial charge is 0.355 e. The third-order valence-electron chi connectivity index (χ3n) is 7.11. The Morgan fingerprint density at radius 2 is 1.58 bits per heavy atom. The molecule has 1 atom stereocenters. The summed E-state index contributed by atoms with van der Waals surface area (Å²) >= 11 is 0. The van der Waals surface area contributed by atoms with Crippen LogP contribution in [0.25, 0.3) is 27.5 Å². The van der Waals surface area contributed by atoms with Crippen LogP contribution in [0.15, 0.2) is 107 Å². The fraction of sp³-hybridized carbons (Fsp3) is 0.161. The summed E-state index contributed by atoms with van der Waals surface area (Å²) in [7, 11) is -0.958. The first-order valence-corrected chi connectivity index (χ1v) is 14.1. The summed E-state index contributed by atoms with van der Waals surface area (Å²) in [6, 6.07) is 30.9. The van der Waals surface area contributed by atoms with Crippen LogP contribution in [-0.2, 0) is 0 Å². The van der Waals surface area contributed by atoms with Crippen LogP contribution in [0.3, 0.4) is 0 Å². The van der Waals surface area contributed by atoms with E-state index >= 15 is 0 Å². The molecular formula is C31H29NS. The molecule has 0 aromatic heterocycles. The number of rotatable bonds is 3. The molecular weight excluding hydrogens is 418 g/mol. The first-order valence-electron chi connectivity index (χ1n) is 11.7. The zero-order valence-corrected chi connectivity index (χ0v) is 20.2. The molecule has 1 unspecified atom stereocenters. The Bertz CT molecular complexity index is 1450. The first-order chi connectivity index (χ1) is 16.0. The normalized spacial score (nSPS) is 19.3. The van der Waals surface area contributed by atoms with Gasteiger partial charge in [0, 0.05) is 16.3 Å². The number of allylic oxidation sites excluding steroid dienone is 4. The number of nitrogens with one attached hydrogen (secondary N) is 1. The second kappa shape index (κ2) is 7.67. The van der Waals surface area contributed by atoms with E-state index in [4.69, 9.17) is 0 Å². The second-order valence-electron chi connectivity index (χ2n) is 9.59. The van der Waals surface area contributed by atoms with Gasteiger partial charge in [0.1, 0.15) is 0 Å². The van der Waals surface area contributed by atoms with E-state index in [0.29, 0.717) is 5.92 Å². The Balaban J connectivity index is 1.35. The van der Waals surface area contributed by atoms with E-state index in [1.807, 2.05) is 0 Å². The molecule has 1 nitrogen and oxygen atoms in total. The first kappa shape index (κ1) is 20.4. The molecule has 1 aliphatic carbocycles. The highest BCUT2D eigenvalue weighted by atomic mass is 32.3. The average molecular weight is 448 g/mol. The van der Waals surface area contributed by atoms with Gasteiger partial charge in [-0.1, -0.05) is 79.7 Å². The topological polar surface area (TPSA) is 12.0 Å². The lowest BCUT2D eigenvalue weighted by Crippen LogP contribution is -2.07. The van der Waals surface area contributed by atoms with Gasteiger partial charge in [0.05, 0.1) is 0 Å². The smallest absolute Gasteiger partial charge is 0.0395 e. The molecule has 1 N–H and O–H groups in total. The molecule has 0 spiro atoms. The Hall–Kier alpha value is -3.23. The van der Waals surface area contributed by atoms with Crippen LogP contribution in [0.1, 0.15) is 18.9 Å². The van der Waals surface area contributed by atoms with Crippen molar-refractivity contribution in [3.05, 3.63) is 108 Å². The Kier molecular flexibility index (Phi) is 4.74. The van der Waals surface area contributed by atoms with E-state index in [0.717, 1.165) is 12.1 Å². The van der Waals surface area contributed by atoms with Crippen molar-refractivity contribution in [3.63, 3.8) is 0 Å². The van der Waals surface area contributed by atoms with Gasteiger partial charge in [0.2, 0.25) is 0 Å². The summed E-state index contributed by atoms with van der Waals surface area (Å²) < 4.78 is 0. The maximum atomic E-state index is 3.70. The Morgan fingerprint density at radius 3 is 2.48 bits per heavy atom. The minimum atomic E-state index is -0.958. The van der Waals surface area contributed by atoms with Crippen molar-refractivity contribution >= 4 is 37.7 Å². The summed E-state index contributed by atoms with van der Waals surface area (Å²) in [6.45, 7) is 2.39. The SMILES string of the molecule is CC1CC=CC2=C1S(C)(C)c1cc(Nc3cccc(-c4cccc5ccccc45)c3)ccc12. The van der Waals surface area contributed by atoms with E-state index in [9.17, 15) is 0 Å². The molecule has 0 saturated carbocycles.